The Hall–Kier alpha value is -2.15. The van der Waals surface area contributed by atoms with Crippen LogP contribution in [-0.2, 0) is 9.47 Å². The Morgan fingerprint density at radius 1 is 1.11 bits per heavy atom. The van der Waals surface area contributed by atoms with E-state index in [0.29, 0.717) is 13.2 Å². The predicted octanol–water partition coefficient (Wildman–Crippen LogP) is 3.90. The lowest BCUT2D eigenvalue weighted by atomic mass is 10.00. The molecule has 0 aromatic heterocycles. The Bertz CT molecular complexity index is 794. The average Bonchev–Trinajstić information content (AvgIpc) is 3.21. The van der Waals surface area contributed by atoms with E-state index in [9.17, 15) is 4.39 Å². The Morgan fingerprint density at radius 2 is 1.89 bits per heavy atom. The topological polar surface area (TPSA) is 54.9 Å². The van der Waals surface area contributed by atoms with Gasteiger partial charge in [-0.1, -0.05) is 24.3 Å². The van der Waals surface area contributed by atoms with Crippen LogP contribution in [0.4, 0.5) is 10.1 Å². The molecule has 0 amide bonds. The third kappa shape index (κ3) is 5.22. The van der Waals surface area contributed by atoms with Gasteiger partial charge >= 0.3 is 0 Å². The third-order valence-electron chi connectivity index (χ3n) is 4.80. The van der Waals surface area contributed by atoms with E-state index < -0.39 is 0 Å². The molecule has 0 radical (unpaired) electrons. The Kier molecular flexibility index (Phi) is 7.25. The summed E-state index contributed by atoms with van der Waals surface area (Å²) in [7, 11) is 0. The van der Waals surface area contributed by atoms with Crippen LogP contribution in [0.2, 0.25) is 0 Å². The Balaban J connectivity index is 0.00000225. The van der Waals surface area contributed by atoms with Crippen LogP contribution in [0, 0.1) is 5.82 Å². The van der Waals surface area contributed by atoms with Crippen LogP contribution < -0.4 is 10.6 Å². The minimum Gasteiger partial charge on any atom is -0.381 e. The summed E-state index contributed by atoms with van der Waals surface area (Å²) in [6, 6.07) is 14.7. The molecule has 0 saturated carbocycles. The molecule has 1 unspecified atom stereocenters. The second kappa shape index (κ2) is 9.87. The molecule has 150 valence electrons. The molecule has 28 heavy (non-hydrogen) atoms. The van der Waals surface area contributed by atoms with Gasteiger partial charge in [0.25, 0.3) is 0 Å². The fourth-order valence-electron chi connectivity index (χ4n) is 3.38. The molecule has 0 spiro atoms. The number of hydrogen-bond acceptors (Lipinski definition) is 5. The number of nitrogens with one attached hydrogen (secondary N) is 2. The van der Waals surface area contributed by atoms with Crippen molar-refractivity contribution in [3.8, 4) is 0 Å². The monoisotopic (exact) mass is 405 g/mol. The molecule has 1 saturated heterocycles. The van der Waals surface area contributed by atoms with Gasteiger partial charge in [0.2, 0.25) is 0 Å². The van der Waals surface area contributed by atoms with E-state index in [4.69, 9.17) is 9.47 Å². The highest BCUT2D eigenvalue weighted by atomic mass is 35.5. The van der Waals surface area contributed by atoms with E-state index in [1.807, 2.05) is 30.3 Å². The highest BCUT2D eigenvalue weighted by Gasteiger charge is 2.23. The van der Waals surface area contributed by atoms with Crippen molar-refractivity contribution in [2.75, 3.05) is 31.6 Å². The lowest BCUT2D eigenvalue weighted by Crippen LogP contribution is -2.26. The van der Waals surface area contributed by atoms with Gasteiger partial charge in [-0.05, 0) is 48.2 Å². The summed E-state index contributed by atoms with van der Waals surface area (Å²) in [4.78, 5) is 4.34. The standard InChI is InChI=1S/C21H24FN3O2.ClH/c22-17-3-1-2-16(14-17)20(27-19-8-12-26-13-9-19)15-4-6-18(7-5-15)25-21-23-10-11-24-21;/h1-7,14,19-20H,8-13H2,(H2,23,24,25);1H. The number of hydrogen-bond donors (Lipinski definition) is 2. The maximum atomic E-state index is 13.8. The number of guanidine groups is 1. The van der Waals surface area contributed by atoms with Gasteiger partial charge in [0.15, 0.2) is 5.96 Å². The maximum absolute atomic E-state index is 13.8. The zero-order valence-electron chi connectivity index (χ0n) is 15.6. The fourth-order valence-corrected chi connectivity index (χ4v) is 3.38. The van der Waals surface area contributed by atoms with Gasteiger partial charge in [-0.3, -0.25) is 4.99 Å². The van der Waals surface area contributed by atoms with Crippen LogP contribution in [0.5, 0.6) is 0 Å². The number of nitrogens with zero attached hydrogens (tertiary/aromatic N) is 1. The van der Waals surface area contributed by atoms with E-state index >= 15 is 0 Å². The van der Waals surface area contributed by atoms with Crippen LogP contribution in [0.3, 0.4) is 0 Å². The van der Waals surface area contributed by atoms with Crippen LogP contribution in [0.1, 0.15) is 30.1 Å². The lowest BCUT2D eigenvalue weighted by Gasteiger charge is -2.28. The molecule has 0 bridgehead atoms. The second-order valence-electron chi connectivity index (χ2n) is 6.79. The van der Waals surface area contributed by atoms with Crippen LogP contribution in [-0.4, -0.2) is 38.4 Å². The van der Waals surface area contributed by atoms with Gasteiger partial charge in [0.05, 0.1) is 12.6 Å². The molecule has 2 aromatic rings. The smallest absolute Gasteiger partial charge is 0.195 e. The van der Waals surface area contributed by atoms with Crippen molar-refractivity contribution in [3.05, 3.63) is 65.5 Å². The molecule has 1 fully saturated rings. The van der Waals surface area contributed by atoms with Crippen molar-refractivity contribution in [1.29, 1.82) is 0 Å². The van der Waals surface area contributed by atoms with Crippen molar-refractivity contribution in [3.63, 3.8) is 0 Å². The van der Waals surface area contributed by atoms with Crippen molar-refractivity contribution in [2.45, 2.75) is 25.0 Å². The Morgan fingerprint density at radius 3 is 2.57 bits per heavy atom. The summed E-state index contributed by atoms with van der Waals surface area (Å²) in [6.45, 7) is 3.07. The number of aliphatic imine (C=N–C) groups is 1. The quantitative estimate of drug-likeness (QED) is 0.792. The molecule has 5 nitrogen and oxygen atoms in total. The molecule has 0 aliphatic carbocycles. The van der Waals surface area contributed by atoms with E-state index in [-0.39, 0.29) is 30.4 Å². The van der Waals surface area contributed by atoms with E-state index in [2.05, 4.69) is 15.6 Å². The minimum atomic E-state index is -0.306. The van der Waals surface area contributed by atoms with E-state index in [1.165, 1.54) is 6.07 Å². The highest BCUT2D eigenvalue weighted by molar-refractivity contribution is 5.94. The van der Waals surface area contributed by atoms with Gasteiger partial charge < -0.3 is 20.1 Å². The third-order valence-corrected chi connectivity index (χ3v) is 4.80. The van der Waals surface area contributed by atoms with Gasteiger partial charge in [-0.25, -0.2) is 4.39 Å². The normalized spacial score (nSPS) is 18.0. The summed E-state index contributed by atoms with van der Waals surface area (Å²) >= 11 is 0. The lowest BCUT2D eigenvalue weighted by molar-refractivity contribution is -0.0568. The molecule has 7 heteroatoms. The largest absolute Gasteiger partial charge is 0.381 e. The molecular formula is C21H25ClFN3O2. The van der Waals surface area contributed by atoms with Gasteiger partial charge in [-0.15, -0.1) is 12.4 Å². The second-order valence-corrected chi connectivity index (χ2v) is 6.79. The first kappa shape index (κ1) is 20.6. The average molecular weight is 406 g/mol. The van der Waals surface area contributed by atoms with Crippen molar-refractivity contribution in [2.24, 2.45) is 4.99 Å². The molecule has 2 heterocycles. The van der Waals surface area contributed by atoms with Crippen LogP contribution >= 0.6 is 12.4 Å². The first-order valence-electron chi connectivity index (χ1n) is 9.42. The minimum absolute atomic E-state index is 0. The fraction of sp³-hybridized carbons (Fsp3) is 0.381. The SMILES string of the molecule is Cl.Fc1cccc(C(OC2CCOCC2)c2ccc(NC3=NCCN3)cc2)c1. The van der Waals surface area contributed by atoms with E-state index in [0.717, 1.165) is 48.7 Å². The van der Waals surface area contributed by atoms with Crippen molar-refractivity contribution in [1.82, 2.24) is 5.32 Å². The summed E-state index contributed by atoms with van der Waals surface area (Å²) in [5, 5.41) is 6.45. The molecule has 4 rings (SSSR count). The number of anilines is 1. The van der Waals surface area contributed by atoms with Crippen molar-refractivity contribution < 1.29 is 13.9 Å². The van der Waals surface area contributed by atoms with Gasteiger partial charge in [-0.2, -0.15) is 0 Å². The van der Waals surface area contributed by atoms with Crippen LogP contribution in [0.25, 0.3) is 0 Å². The molecule has 2 N–H and O–H groups in total. The maximum Gasteiger partial charge on any atom is 0.195 e. The summed E-state index contributed by atoms with van der Waals surface area (Å²) < 4.78 is 25.6. The number of benzene rings is 2. The summed E-state index contributed by atoms with van der Waals surface area (Å²) in [5.41, 5.74) is 2.78. The van der Waals surface area contributed by atoms with Gasteiger partial charge in [0, 0.05) is 25.4 Å². The number of rotatable bonds is 5. The highest BCUT2D eigenvalue weighted by Crippen LogP contribution is 2.31. The first-order valence-corrected chi connectivity index (χ1v) is 9.42. The molecule has 2 aromatic carbocycles. The predicted molar refractivity (Wildman–Crippen MR) is 111 cm³/mol. The Labute approximate surface area is 170 Å². The number of halogens is 2. The molecule has 1 atom stereocenters. The zero-order chi connectivity index (χ0) is 18.5. The van der Waals surface area contributed by atoms with E-state index in [1.54, 1.807) is 12.1 Å². The van der Waals surface area contributed by atoms with Gasteiger partial charge in [0.1, 0.15) is 11.9 Å². The molecule has 2 aliphatic heterocycles. The number of ether oxygens (including phenoxy) is 2. The molecule has 2 aliphatic rings. The van der Waals surface area contributed by atoms with Crippen molar-refractivity contribution >= 4 is 24.1 Å². The summed E-state index contributed by atoms with van der Waals surface area (Å²) in [6.07, 6.45) is 1.52. The summed E-state index contributed by atoms with van der Waals surface area (Å²) in [5.74, 6) is 0.541. The first-order chi connectivity index (χ1) is 13.3. The molecular weight excluding hydrogens is 381 g/mol. The van der Waals surface area contributed by atoms with Crippen LogP contribution in [0.15, 0.2) is 53.5 Å². The zero-order valence-corrected chi connectivity index (χ0v) is 16.4.